The highest BCUT2D eigenvalue weighted by Gasteiger charge is 2.33. The molecule has 1 aliphatic heterocycles. The van der Waals surface area contributed by atoms with Crippen molar-refractivity contribution in [3.05, 3.63) is 63.2 Å². The van der Waals surface area contributed by atoms with E-state index in [-0.39, 0.29) is 22.4 Å². The Hall–Kier alpha value is -2.46. The second kappa shape index (κ2) is 9.13. The summed E-state index contributed by atoms with van der Waals surface area (Å²) >= 11 is 6.62. The first-order valence-corrected chi connectivity index (χ1v) is 10.3. The van der Waals surface area contributed by atoms with E-state index in [0.29, 0.717) is 36.8 Å². The number of alkyl halides is 3. The minimum Gasteiger partial charge on any atom is -0.362 e. The number of para-hydroxylation sites is 2. The molecule has 2 aromatic carbocycles. The van der Waals surface area contributed by atoms with E-state index in [4.69, 9.17) is 11.6 Å². The molecule has 1 amide bonds. The van der Waals surface area contributed by atoms with Crippen LogP contribution in [0.2, 0.25) is 5.02 Å². The number of nitrogens with zero attached hydrogens (tertiary/aromatic N) is 3. The monoisotopic (exact) mass is 459 g/mol. The molecule has 3 rings (SSSR count). The van der Waals surface area contributed by atoms with Crippen molar-refractivity contribution in [1.29, 1.82) is 0 Å². The lowest BCUT2D eigenvalue weighted by Crippen LogP contribution is -2.49. The van der Waals surface area contributed by atoms with Gasteiger partial charge in [0.2, 0.25) is 5.91 Å². The summed E-state index contributed by atoms with van der Waals surface area (Å²) in [6, 6.07) is 9.98. The van der Waals surface area contributed by atoms with Gasteiger partial charge < -0.3 is 9.80 Å². The van der Waals surface area contributed by atoms with Gasteiger partial charge in [0.15, 0.2) is 0 Å². The minimum absolute atomic E-state index is 0.00951. The number of thioether (sulfide) groups is 1. The van der Waals surface area contributed by atoms with E-state index < -0.39 is 16.7 Å². The molecule has 2 aromatic rings. The van der Waals surface area contributed by atoms with Crippen molar-refractivity contribution in [1.82, 2.24) is 4.90 Å². The number of nitro groups is 1. The van der Waals surface area contributed by atoms with Crippen LogP contribution in [0.3, 0.4) is 0 Å². The van der Waals surface area contributed by atoms with Crippen LogP contribution in [0.25, 0.3) is 0 Å². The standard InChI is InChI=1S/C19H17ClF3N3O3S/c20-15-6-5-13(11-14(15)19(21,22)23)30-12-18(27)25-9-7-24(8-10-25)16-3-1-2-4-17(16)26(28)29/h1-6,11H,7-10,12H2. The van der Waals surface area contributed by atoms with Gasteiger partial charge in [-0.15, -0.1) is 11.8 Å². The summed E-state index contributed by atoms with van der Waals surface area (Å²) in [7, 11) is 0. The van der Waals surface area contributed by atoms with Crippen molar-refractivity contribution in [2.75, 3.05) is 36.8 Å². The molecule has 0 bridgehead atoms. The average Bonchev–Trinajstić information content (AvgIpc) is 2.72. The molecule has 0 unspecified atom stereocenters. The van der Waals surface area contributed by atoms with Gasteiger partial charge in [-0.05, 0) is 24.3 Å². The zero-order valence-corrected chi connectivity index (χ0v) is 17.1. The first kappa shape index (κ1) is 22.2. The minimum atomic E-state index is -4.56. The van der Waals surface area contributed by atoms with Crippen LogP contribution in [0.15, 0.2) is 47.4 Å². The number of rotatable bonds is 5. The molecule has 0 aromatic heterocycles. The maximum absolute atomic E-state index is 13.0. The number of piperazine rings is 1. The third kappa shape index (κ3) is 5.17. The molecule has 0 saturated carbocycles. The first-order chi connectivity index (χ1) is 14.2. The van der Waals surface area contributed by atoms with E-state index in [1.165, 1.54) is 18.2 Å². The number of hydrogen-bond acceptors (Lipinski definition) is 5. The number of hydrogen-bond donors (Lipinski definition) is 0. The predicted molar refractivity (Wildman–Crippen MR) is 109 cm³/mol. The fourth-order valence-electron chi connectivity index (χ4n) is 3.13. The van der Waals surface area contributed by atoms with Crippen LogP contribution in [-0.2, 0) is 11.0 Å². The quantitative estimate of drug-likeness (QED) is 0.368. The number of nitro benzene ring substituents is 1. The summed E-state index contributed by atoms with van der Waals surface area (Å²) in [5, 5.41) is 10.8. The highest BCUT2D eigenvalue weighted by molar-refractivity contribution is 8.00. The Morgan fingerprint density at radius 1 is 1.13 bits per heavy atom. The van der Waals surface area contributed by atoms with Gasteiger partial charge in [0.25, 0.3) is 5.69 Å². The molecule has 6 nitrogen and oxygen atoms in total. The van der Waals surface area contributed by atoms with Crippen molar-refractivity contribution in [2.45, 2.75) is 11.1 Å². The fraction of sp³-hybridized carbons (Fsp3) is 0.316. The zero-order valence-electron chi connectivity index (χ0n) is 15.6. The fourth-order valence-corrected chi connectivity index (χ4v) is 4.19. The zero-order chi connectivity index (χ0) is 21.9. The molecular weight excluding hydrogens is 443 g/mol. The van der Waals surface area contributed by atoms with Gasteiger partial charge in [0, 0.05) is 37.1 Å². The van der Waals surface area contributed by atoms with Gasteiger partial charge in [-0.2, -0.15) is 13.2 Å². The van der Waals surface area contributed by atoms with Gasteiger partial charge in [-0.3, -0.25) is 14.9 Å². The third-order valence-electron chi connectivity index (χ3n) is 4.66. The average molecular weight is 460 g/mol. The van der Waals surface area contributed by atoms with Crippen molar-refractivity contribution in [3.63, 3.8) is 0 Å². The van der Waals surface area contributed by atoms with Crippen molar-refractivity contribution in [3.8, 4) is 0 Å². The summed E-state index contributed by atoms with van der Waals surface area (Å²) in [6.07, 6.45) is -4.56. The van der Waals surface area contributed by atoms with E-state index in [1.807, 2.05) is 4.90 Å². The molecule has 1 aliphatic rings. The summed E-state index contributed by atoms with van der Waals surface area (Å²) in [5.41, 5.74) is -0.416. The van der Waals surface area contributed by atoms with Crippen LogP contribution in [0, 0.1) is 10.1 Å². The van der Waals surface area contributed by atoms with Gasteiger partial charge in [-0.25, -0.2) is 0 Å². The van der Waals surface area contributed by atoms with Crippen LogP contribution in [0.4, 0.5) is 24.5 Å². The van der Waals surface area contributed by atoms with Gasteiger partial charge in [0.1, 0.15) is 5.69 Å². The van der Waals surface area contributed by atoms with Gasteiger partial charge in [-0.1, -0.05) is 23.7 Å². The summed E-state index contributed by atoms with van der Waals surface area (Å²) < 4.78 is 38.9. The molecule has 30 heavy (non-hydrogen) atoms. The second-order valence-corrected chi connectivity index (χ2v) is 8.00. The maximum atomic E-state index is 13.0. The molecular formula is C19H17ClF3N3O3S. The second-order valence-electron chi connectivity index (χ2n) is 6.54. The van der Waals surface area contributed by atoms with E-state index in [2.05, 4.69) is 0 Å². The molecule has 0 aliphatic carbocycles. The largest absolute Gasteiger partial charge is 0.417 e. The Labute approximate surface area is 179 Å². The number of carbonyl (C=O) groups excluding carboxylic acids is 1. The highest BCUT2D eigenvalue weighted by Crippen LogP contribution is 2.37. The Morgan fingerprint density at radius 3 is 2.43 bits per heavy atom. The number of carbonyl (C=O) groups is 1. The molecule has 11 heteroatoms. The summed E-state index contributed by atoms with van der Waals surface area (Å²) in [4.78, 5) is 27.0. The Kier molecular flexibility index (Phi) is 6.77. The molecule has 1 fully saturated rings. The van der Waals surface area contributed by atoms with E-state index in [1.54, 1.807) is 23.1 Å². The van der Waals surface area contributed by atoms with Crippen LogP contribution in [0.5, 0.6) is 0 Å². The van der Waals surface area contributed by atoms with Crippen LogP contribution in [-0.4, -0.2) is 47.7 Å². The Balaban J connectivity index is 1.57. The molecule has 0 atom stereocenters. The molecule has 0 radical (unpaired) electrons. The molecule has 1 heterocycles. The molecule has 0 spiro atoms. The third-order valence-corrected chi connectivity index (χ3v) is 5.97. The molecule has 160 valence electrons. The topological polar surface area (TPSA) is 66.7 Å². The first-order valence-electron chi connectivity index (χ1n) is 8.92. The number of benzene rings is 2. The van der Waals surface area contributed by atoms with E-state index in [9.17, 15) is 28.1 Å². The van der Waals surface area contributed by atoms with Crippen LogP contribution in [0.1, 0.15) is 5.56 Å². The lowest BCUT2D eigenvalue weighted by atomic mass is 10.2. The lowest BCUT2D eigenvalue weighted by Gasteiger charge is -2.35. The summed E-state index contributed by atoms with van der Waals surface area (Å²) in [5.74, 6) is -0.213. The maximum Gasteiger partial charge on any atom is 0.417 e. The van der Waals surface area contributed by atoms with E-state index in [0.717, 1.165) is 17.8 Å². The van der Waals surface area contributed by atoms with Crippen molar-refractivity contribution < 1.29 is 22.9 Å². The molecule has 1 saturated heterocycles. The SMILES string of the molecule is O=C(CSc1ccc(Cl)c(C(F)(F)F)c1)N1CCN(c2ccccc2[N+](=O)[O-])CC1. The van der Waals surface area contributed by atoms with Crippen LogP contribution < -0.4 is 4.90 Å². The van der Waals surface area contributed by atoms with Gasteiger partial charge in [0.05, 0.1) is 21.3 Å². The highest BCUT2D eigenvalue weighted by atomic mass is 35.5. The number of halogens is 4. The summed E-state index contributed by atoms with van der Waals surface area (Å²) in [6.45, 7) is 1.61. The Morgan fingerprint density at radius 2 is 1.80 bits per heavy atom. The smallest absolute Gasteiger partial charge is 0.362 e. The van der Waals surface area contributed by atoms with Crippen molar-refractivity contribution in [2.24, 2.45) is 0 Å². The van der Waals surface area contributed by atoms with Crippen molar-refractivity contribution >= 4 is 40.6 Å². The predicted octanol–water partition coefficient (Wildman–Crippen LogP) is 4.71. The number of amides is 1. The van der Waals surface area contributed by atoms with E-state index >= 15 is 0 Å². The Bertz CT molecular complexity index is 950. The van der Waals surface area contributed by atoms with Gasteiger partial charge >= 0.3 is 6.18 Å². The number of anilines is 1. The molecule has 0 N–H and O–H groups in total. The normalized spacial score (nSPS) is 14.7. The van der Waals surface area contributed by atoms with Crippen LogP contribution >= 0.6 is 23.4 Å². The lowest BCUT2D eigenvalue weighted by molar-refractivity contribution is -0.384.